The van der Waals surface area contributed by atoms with E-state index in [9.17, 15) is 8.78 Å². The summed E-state index contributed by atoms with van der Waals surface area (Å²) in [6.07, 6.45) is 2.34. The Hall–Kier alpha value is -2.04. The summed E-state index contributed by atoms with van der Waals surface area (Å²) in [5.41, 5.74) is 8.50. The minimum absolute atomic E-state index is 0. The van der Waals surface area contributed by atoms with Crippen molar-refractivity contribution in [2.75, 3.05) is 6.54 Å². The number of pyridine rings is 1. The molecule has 2 N–H and O–H groups in total. The normalized spacial score (nSPS) is 10.5. The van der Waals surface area contributed by atoms with E-state index in [-0.39, 0.29) is 17.9 Å². The van der Waals surface area contributed by atoms with Crippen LogP contribution in [-0.4, -0.2) is 11.5 Å². The number of aromatic nitrogens is 1. The Morgan fingerprint density at radius 3 is 2.41 bits per heavy atom. The van der Waals surface area contributed by atoms with Crippen molar-refractivity contribution >= 4 is 23.3 Å². The van der Waals surface area contributed by atoms with Crippen molar-refractivity contribution in [3.05, 3.63) is 65.9 Å². The monoisotopic (exact) mass is 320 g/mol. The third-order valence-electron chi connectivity index (χ3n) is 3.46. The van der Waals surface area contributed by atoms with Gasteiger partial charge in [-0.1, -0.05) is 24.3 Å². The van der Waals surface area contributed by atoms with Gasteiger partial charge in [0, 0.05) is 17.6 Å². The van der Waals surface area contributed by atoms with Crippen LogP contribution in [0.25, 0.3) is 22.0 Å². The second kappa shape index (κ2) is 6.81. The SMILES string of the molecule is Cl.NCCc1ccc(-c2ccnc3c(F)cc(F)cc23)cc1. The highest BCUT2D eigenvalue weighted by Gasteiger charge is 2.10. The minimum atomic E-state index is -0.647. The Balaban J connectivity index is 0.00000176. The summed E-state index contributed by atoms with van der Waals surface area (Å²) in [6.45, 7) is 0.591. The standard InChI is InChI=1S/C17H14F2N2.ClH/c18-13-9-15-14(6-8-21-17(15)16(19)10-13)12-3-1-11(2-4-12)5-7-20;/h1-4,6,8-10H,5,7,20H2;1H. The molecule has 0 saturated carbocycles. The van der Waals surface area contributed by atoms with Crippen LogP contribution < -0.4 is 5.73 Å². The lowest BCUT2D eigenvalue weighted by Crippen LogP contribution is -2.02. The molecule has 0 unspecified atom stereocenters. The first kappa shape index (κ1) is 16.3. The van der Waals surface area contributed by atoms with Crippen LogP contribution in [-0.2, 0) is 6.42 Å². The lowest BCUT2D eigenvalue weighted by atomic mass is 9.99. The molecule has 0 fully saturated rings. The molecule has 0 spiro atoms. The molecule has 0 atom stereocenters. The van der Waals surface area contributed by atoms with Gasteiger partial charge < -0.3 is 5.73 Å². The molecule has 0 bridgehead atoms. The Morgan fingerprint density at radius 2 is 1.73 bits per heavy atom. The fourth-order valence-electron chi connectivity index (χ4n) is 2.45. The van der Waals surface area contributed by atoms with E-state index in [0.29, 0.717) is 11.9 Å². The number of fused-ring (bicyclic) bond motifs is 1. The summed E-state index contributed by atoms with van der Waals surface area (Å²) in [6, 6.07) is 11.7. The number of nitrogens with zero attached hydrogens (tertiary/aromatic N) is 1. The Labute approximate surface area is 133 Å². The van der Waals surface area contributed by atoms with Crippen molar-refractivity contribution in [2.24, 2.45) is 5.73 Å². The zero-order valence-corrected chi connectivity index (χ0v) is 12.5. The molecule has 114 valence electrons. The van der Waals surface area contributed by atoms with E-state index in [0.717, 1.165) is 29.2 Å². The maximum atomic E-state index is 13.8. The van der Waals surface area contributed by atoms with Gasteiger partial charge in [-0.3, -0.25) is 4.98 Å². The quantitative estimate of drug-likeness (QED) is 0.789. The summed E-state index contributed by atoms with van der Waals surface area (Å²) < 4.78 is 27.3. The van der Waals surface area contributed by atoms with Gasteiger partial charge in [-0.05, 0) is 41.8 Å². The first-order valence-electron chi connectivity index (χ1n) is 6.72. The molecule has 3 aromatic rings. The zero-order valence-electron chi connectivity index (χ0n) is 11.7. The van der Waals surface area contributed by atoms with Crippen LogP contribution in [0.15, 0.2) is 48.7 Å². The molecule has 2 aromatic carbocycles. The fourth-order valence-corrected chi connectivity index (χ4v) is 2.45. The molecule has 0 aliphatic heterocycles. The summed E-state index contributed by atoms with van der Waals surface area (Å²) in [7, 11) is 0. The molecule has 1 aromatic heterocycles. The Bertz CT molecular complexity index is 789. The van der Waals surface area contributed by atoms with Gasteiger partial charge in [-0.25, -0.2) is 8.78 Å². The molecule has 22 heavy (non-hydrogen) atoms. The largest absolute Gasteiger partial charge is 0.330 e. The molecule has 0 aliphatic carbocycles. The second-order valence-corrected chi connectivity index (χ2v) is 4.88. The van der Waals surface area contributed by atoms with E-state index in [1.807, 2.05) is 24.3 Å². The summed E-state index contributed by atoms with van der Waals surface area (Å²) in [5.74, 6) is -1.25. The van der Waals surface area contributed by atoms with Crippen molar-refractivity contribution in [1.82, 2.24) is 4.98 Å². The van der Waals surface area contributed by atoms with E-state index < -0.39 is 11.6 Å². The molecule has 0 saturated heterocycles. The third kappa shape index (κ3) is 3.08. The molecule has 2 nitrogen and oxygen atoms in total. The molecule has 1 heterocycles. The van der Waals surface area contributed by atoms with Crippen LogP contribution in [0.3, 0.4) is 0 Å². The minimum Gasteiger partial charge on any atom is -0.330 e. The fraction of sp³-hybridized carbons (Fsp3) is 0.118. The predicted octanol–water partition coefficient (Wildman–Crippen LogP) is 4.10. The maximum Gasteiger partial charge on any atom is 0.152 e. The van der Waals surface area contributed by atoms with Crippen LogP contribution in [0.2, 0.25) is 0 Å². The number of hydrogen-bond donors (Lipinski definition) is 1. The number of nitrogens with two attached hydrogens (primary N) is 1. The van der Waals surface area contributed by atoms with Crippen molar-refractivity contribution in [1.29, 1.82) is 0 Å². The van der Waals surface area contributed by atoms with Gasteiger partial charge in [0.05, 0.1) is 0 Å². The average molecular weight is 321 g/mol. The summed E-state index contributed by atoms with van der Waals surface area (Å²) in [5, 5.41) is 0.474. The van der Waals surface area contributed by atoms with Crippen LogP contribution >= 0.6 is 12.4 Å². The molecule has 0 amide bonds. The van der Waals surface area contributed by atoms with Crippen LogP contribution in [0.5, 0.6) is 0 Å². The van der Waals surface area contributed by atoms with Crippen molar-refractivity contribution < 1.29 is 8.78 Å². The lowest BCUT2D eigenvalue weighted by molar-refractivity contribution is 0.590. The van der Waals surface area contributed by atoms with Crippen molar-refractivity contribution in [2.45, 2.75) is 6.42 Å². The highest BCUT2D eigenvalue weighted by Crippen LogP contribution is 2.29. The maximum absolute atomic E-state index is 13.8. The number of hydrogen-bond acceptors (Lipinski definition) is 2. The molecule has 5 heteroatoms. The van der Waals surface area contributed by atoms with Gasteiger partial charge in [0.25, 0.3) is 0 Å². The van der Waals surface area contributed by atoms with Gasteiger partial charge in [0.15, 0.2) is 5.82 Å². The third-order valence-corrected chi connectivity index (χ3v) is 3.46. The van der Waals surface area contributed by atoms with Gasteiger partial charge in [-0.2, -0.15) is 0 Å². The number of halogens is 3. The average Bonchev–Trinajstić information content (AvgIpc) is 2.48. The van der Waals surface area contributed by atoms with E-state index in [1.165, 1.54) is 12.3 Å². The molecular formula is C17H15ClF2N2. The number of benzene rings is 2. The highest BCUT2D eigenvalue weighted by atomic mass is 35.5. The highest BCUT2D eigenvalue weighted by molar-refractivity contribution is 5.94. The smallest absolute Gasteiger partial charge is 0.152 e. The van der Waals surface area contributed by atoms with Crippen LogP contribution in [0.1, 0.15) is 5.56 Å². The van der Waals surface area contributed by atoms with Crippen LogP contribution in [0.4, 0.5) is 8.78 Å². The van der Waals surface area contributed by atoms with Gasteiger partial charge >= 0.3 is 0 Å². The zero-order chi connectivity index (χ0) is 14.8. The topological polar surface area (TPSA) is 38.9 Å². The van der Waals surface area contributed by atoms with Gasteiger partial charge in [0.1, 0.15) is 11.3 Å². The molecule has 0 aliphatic rings. The second-order valence-electron chi connectivity index (χ2n) is 4.88. The first-order valence-corrected chi connectivity index (χ1v) is 6.72. The van der Waals surface area contributed by atoms with Gasteiger partial charge in [-0.15, -0.1) is 12.4 Å². The Morgan fingerprint density at radius 1 is 1.00 bits per heavy atom. The van der Waals surface area contributed by atoms with Crippen molar-refractivity contribution in [3.8, 4) is 11.1 Å². The Kier molecular flexibility index (Phi) is 5.06. The molecule has 3 rings (SSSR count). The van der Waals surface area contributed by atoms with E-state index in [4.69, 9.17) is 5.73 Å². The molecule has 0 radical (unpaired) electrons. The summed E-state index contributed by atoms with van der Waals surface area (Å²) >= 11 is 0. The lowest BCUT2D eigenvalue weighted by Gasteiger charge is -2.08. The first-order chi connectivity index (χ1) is 10.2. The predicted molar refractivity (Wildman–Crippen MR) is 87.1 cm³/mol. The number of rotatable bonds is 3. The summed E-state index contributed by atoms with van der Waals surface area (Å²) in [4.78, 5) is 4.00. The van der Waals surface area contributed by atoms with Crippen molar-refractivity contribution in [3.63, 3.8) is 0 Å². The van der Waals surface area contributed by atoms with E-state index >= 15 is 0 Å². The van der Waals surface area contributed by atoms with E-state index in [1.54, 1.807) is 6.07 Å². The van der Waals surface area contributed by atoms with E-state index in [2.05, 4.69) is 4.98 Å². The van der Waals surface area contributed by atoms with Gasteiger partial charge in [0.2, 0.25) is 0 Å². The molecular weight excluding hydrogens is 306 g/mol. The van der Waals surface area contributed by atoms with Crippen LogP contribution in [0, 0.1) is 11.6 Å².